The number of amides is 4. The Balaban J connectivity index is 1.57. The number of thiophene rings is 1. The van der Waals surface area contributed by atoms with Crippen molar-refractivity contribution in [2.75, 3.05) is 24.5 Å². The number of anilines is 1. The van der Waals surface area contributed by atoms with Gasteiger partial charge in [0.05, 0.1) is 17.1 Å². The first-order valence-corrected chi connectivity index (χ1v) is 8.57. The van der Waals surface area contributed by atoms with Crippen molar-refractivity contribution in [1.29, 1.82) is 0 Å². The first-order valence-electron chi connectivity index (χ1n) is 7.69. The molecule has 3 heterocycles. The first-order chi connectivity index (χ1) is 11.7. The van der Waals surface area contributed by atoms with Crippen LogP contribution in [-0.2, 0) is 4.79 Å². The molecule has 4 rings (SSSR count). The average Bonchev–Trinajstić information content (AvgIpc) is 3.23. The van der Waals surface area contributed by atoms with E-state index in [1.165, 1.54) is 16.2 Å². The number of imide groups is 1. The number of urea groups is 1. The Hall–Kier alpha value is -2.67. The lowest BCUT2D eigenvalue weighted by atomic mass is 10.1. The second-order valence-corrected chi connectivity index (χ2v) is 6.68. The molecule has 1 aromatic heterocycles. The van der Waals surface area contributed by atoms with Crippen molar-refractivity contribution in [2.45, 2.75) is 6.04 Å². The Morgan fingerprint density at radius 2 is 1.83 bits per heavy atom. The van der Waals surface area contributed by atoms with Crippen molar-refractivity contribution >= 4 is 34.9 Å². The van der Waals surface area contributed by atoms with Gasteiger partial charge in [0.25, 0.3) is 11.8 Å². The summed E-state index contributed by atoms with van der Waals surface area (Å²) in [6, 6.07) is 11.6. The lowest BCUT2D eigenvalue weighted by molar-refractivity contribution is -0.120. The zero-order chi connectivity index (χ0) is 16.7. The molecule has 2 aliphatic heterocycles. The van der Waals surface area contributed by atoms with Crippen LogP contribution in [0, 0.1) is 0 Å². The van der Waals surface area contributed by atoms with Gasteiger partial charge in [-0.2, -0.15) is 0 Å². The summed E-state index contributed by atoms with van der Waals surface area (Å²) in [4.78, 5) is 42.9. The molecule has 2 aromatic rings. The van der Waals surface area contributed by atoms with Crippen LogP contribution in [0.25, 0.3) is 0 Å². The third-order valence-corrected chi connectivity index (χ3v) is 5.21. The summed E-state index contributed by atoms with van der Waals surface area (Å²) in [5, 5.41) is 1.85. The second kappa shape index (κ2) is 5.76. The minimum Gasteiger partial charge on any atom is -0.334 e. The Morgan fingerprint density at radius 1 is 1.04 bits per heavy atom. The molecule has 122 valence electrons. The molecule has 0 N–H and O–H groups in total. The normalized spacial score (nSPS) is 20.5. The topological polar surface area (TPSA) is 60.9 Å². The SMILES string of the molecule is O=C(c1cccs1)N1CCN2C(=O)N(c3ccccc3)C(=O)[C@H]2C1. The number of rotatable bonds is 2. The van der Waals surface area contributed by atoms with Crippen LogP contribution >= 0.6 is 11.3 Å². The number of fused-ring (bicyclic) bond motifs is 1. The zero-order valence-corrected chi connectivity index (χ0v) is 13.6. The van der Waals surface area contributed by atoms with Crippen LogP contribution in [0.3, 0.4) is 0 Å². The van der Waals surface area contributed by atoms with Crippen LogP contribution in [0.2, 0.25) is 0 Å². The predicted octanol–water partition coefficient (Wildman–Crippen LogP) is 2.04. The molecule has 6 nitrogen and oxygen atoms in total. The highest BCUT2D eigenvalue weighted by atomic mass is 32.1. The molecular weight excluding hydrogens is 326 g/mol. The Bertz CT molecular complexity index is 791. The second-order valence-electron chi connectivity index (χ2n) is 5.73. The maximum Gasteiger partial charge on any atom is 0.332 e. The van der Waals surface area contributed by atoms with Gasteiger partial charge in [-0.05, 0) is 23.6 Å². The molecule has 0 aliphatic carbocycles. The number of nitrogens with zero attached hydrogens (tertiary/aromatic N) is 3. The van der Waals surface area contributed by atoms with Crippen LogP contribution < -0.4 is 4.90 Å². The predicted molar refractivity (Wildman–Crippen MR) is 90.0 cm³/mol. The van der Waals surface area contributed by atoms with Gasteiger partial charge in [-0.1, -0.05) is 24.3 Å². The third-order valence-electron chi connectivity index (χ3n) is 4.36. The Morgan fingerprint density at radius 3 is 2.54 bits per heavy atom. The van der Waals surface area contributed by atoms with Gasteiger partial charge in [0.15, 0.2) is 0 Å². The third kappa shape index (κ3) is 2.28. The van der Waals surface area contributed by atoms with Gasteiger partial charge in [-0.3, -0.25) is 9.59 Å². The van der Waals surface area contributed by atoms with E-state index in [9.17, 15) is 14.4 Å². The minimum atomic E-state index is -0.602. The molecule has 2 saturated heterocycles. The van der Waals surface area contributed by atoms with E-state index in [-0.39, 0.29) is 24.4 Å². The molecule has 1 aromatic carbocycles. The number of benzene rings is 1. The Labute approximate surface area is 142 Å². The van der Waals surface area contributed by atoms with Gasteiger partial charge in [0, 0.05) is 13.1 Å². The lowest BCUT2D eigenvalue weighted by Gasteiger charge is -2.35. The molecule has 0 unspecified atom stereocenters. The smallest absolute Gasteiger partial charge is 0.332 e. The molecule has 0 spiro atoms. The van der Waals surface area contributed by atoms with Crippen molar-refractivity contribution in [3.63, 3.8) is 0 Å². The van der Waals surface area contributed by atoms with Gasteiger partial charge in [-0.15, -0.1) is 11.3 Å². The molecule has 0 radical (unpaired) electrons. The highest BCUT2D eigenvalue weighted by Crippen LogP contribution is 2.28. The summed E-state index contributed by atoms with van der Waals surface area (Å²) in [7, 11) is 0. The van der Waals surface area contributed by atoms with Crippen LogP contribution in [0.1, 0.15) is 9.67 Å². The maximum atomic E-state index is 12.7. The fourth-order valence-electron chi connectivity index (χ4n) is 3.15. The molecule has 1 atom stereocenters. The summed E-state index contributed by atoms with van der Waals surface area (Å²) in [6.45, 7) is 1.05. The summed E-state index contributed by atoms with van der Waals surface area (Å²) < 4.78 is 0. The summed E-state index contributed by atoms with van der Waals surface area (Å²) >= 11 is 1.38. The monoisotopic (exact) mass is 341 g/mol. The first kappa shape index (κ1) is 14.9. The molecule has 2 fully saturated rings. The Kier molecular flexibility index (Phi) is 3.57. The maximum absolute atomic E-state index is 12.7. The molecule has 24 heavy (non-hydrogen) atoms. The molecule has 4 amide bonds. The number of para-hydroxylation sites is 1. The number of hydrogen-bond acceptors (Lipinski definition) is 4. The van der Waals surface area contributed by atoms with E-state index in [2.05, 4.69) is 0 Å². The van der Waals surface area contributed by atoms with Gasteiger partial charge >= 0.3 is 6.03 Å². The van der Waals surface area contributed by atoms with E-state index < -0.39 is 6.04 Å². The standard InChI is InChI=1S/C17H15N3O3S/c21-15-13-11-18(16(22)14-7-4-10-24-14)8-9-19(13)17(23)20(15)12-5-2-1-3-6-12/h1-7,10,13H,8-9,11H2/t13-/m1/s1. The molecule has 0 saturated carbocycles. The molecule has 0 bridgehead atoms. The summed E-state index contributed by atoms with van der Waals surface area (Å²) in [5.41, 5.74) is 0.568. The van der Waals surface area contributed by atoms with Crippen molar-refractivity contribution in [3.05, 3.63) is 52.7 Å². The van der Waals surface area contributed by atoms with E-state index in [1.807, 2.05) is 17.5 Å². The number of carbonyl (C=O) groups is 3. The number of carbonyl (C=O) groups excluding carboxylic acids is 3. The van der Waals surface area contributed by atoms with Crippen LogP contribution in [-0.4, -0.2) is 53.3 Å². The molecular formula is C17H15N3O3S. The van der Waals surface area contributed by atoms with Gasteiger partial charge in [-0.25, -0.2) is 9.69 Å². The van der Waals surface area contributed by atoms with Crippen LogP contribution in [0.15, 0.2) is 47.8 Å². The van der Waals surface area contributed by atoms with Gasteiger partial charge in [0.1, 0.15) is 6.04 Å². The molecule has 2 aliphatic rings. The van der Waals surface area contributed by atoms with E-state index >= 15 is 0 Å². The quantitative estimate of drug-likeness (QED) is 0.786. The lowest BCUT2D eigenvalue weighted by Crippen LogP contribution is -2.54. The van der Waals surface area contributed by atoms with Crippen molar-refractivity contribution in [1.82, 2.24) is 9.80 Å². The fraction of sp³-hybridized carbons (Fsp3) is 0.235. The highest BCUT2D eigenvalue weighted by molar-refractivity contribution is 7.12. The van der Waals surface area contributed by atoms with Crippen molar-refractivity contribution in [2.24, 2.45) is 0 Å². The molecule has 7 heteroatoms. The van der Waals surface area contributed by atoms with Crippen LogP contribution in [0.5, 0.6) is 0 Å². The fourth-order valence-corrected chi connectivity index (χ4v) is 3.84. The van der Waals surface area contributed by atoms with E-state index in [4.69, 9.17) is 0 Å². The summed E-state index contributed by atoms with van der Waals surface area (Å²) in [6.07, 6.45) is 0. The minimum absolute atomic E-state index is 0.0805. The van der Waals surface area contributed by atoms with Gasteiger partial charge < -0.3 is 9.80 Å². The van der Waals surface area contributed by atoms with E-state index in [0.29, 0.717) is 23.7 Å². The van der Waals surface area contributed by atoms with Crippen LogP contribution in [0.4, 0.5) is 10.5 Å². The number of hydrogen-bond donors (Lipinski definition) is 0. The van der Waals surface area contributed by atoms with E-state index in [1.54, 1.807) is 40.1 Å². The van der Waals surface area contributed by atoms with Crippen molar-refractivity contribution < 1.29 is 14.4 Å². The number of piperazine rings is 1. The van der Waals surface area contributed by atoms with E-state index in [0.717, 1.165) is 0 Å². The van der Waals surface area contributed by atoms with Gasteiger partial charge in [0.2, 0.25) is 0 Å². The summed E-state index contributed by atoms with van der Waals surface area (Å²) in [5.74, 6) is -0.349. The zero-order valence-electron chi connectivity index (χ0n) is 12.8. The highest BCUT2D eigenvalue weighted by Gasteiger charge is 2.49. The average molecular weight is 341 g/mol. The largest absolute Gasteiger partial charge is 0.334 e. The van der Waals surface area contributed by atoms with Crippen molar-refractivity contribution in [3.8, 4) is 0 Å².